The van der Waals surface area contributed by atoms with E-state index in [0.717, 1.165) is 0 Å². The maximum atomic E-state index is 12.3. The Hall–Kier alpha value is -2.44. The largest absolute Gasteiger partial charge is 0.481 e. The third-order valence-electron chi connectivity index (χ3n) is 3.08. The number of carbonyl (C=O) groups excluding carboxylic acids is 1. The molecule has 0 spiro atoms. The van der Waals surface area contributed by atoms with Crippen LogP contribution in [-0.4, -0.2) is 49.6 Å². The number of aromatic nitrogens is 3. The van der Waals surface area contributed by atoms with Crippen molar-refractivity contribution in [2.75, 3.05) is 13.1 Å². The molecule has 20 heavy (non-hydrogen) atoms. The van der Waals surface area contributed by atoms with Crippen molar-refractivity contribution in [3.05, 3.63) is 29.7 Å². The summed E-state index contributed by atoms with van der Waals surface area (Å²) in [6, 6.07) is 3.40. The summed E-state index contributed by atoms with van der Waals surface area (Å²) in [5.41, 5.74) is 1.17. The van der Waals surface area contributed by atoms with E-state index < -0.39 is 5.97 Å². The maximum absolute atomic E-state index is 12.3. The molecule has 0 radical (unpaired) electrons. The number of carboxylic acids is 1. The Bertz CT molecular complexity index is 650. The van der Waals surface area contributed by atoms with Gasteiger partial charge in [-0.2, -0.15) is 0 Å². The predicted molar refractivity (Wildman–Crippen MR) is 71.6 cm³/mol. The van der Waals surface area contributed by atoms with E-state index in [1.54, 1.807) is 29.7 Å². The van der Waals surface area contributed by atoms with Gasteiger partial charge < -0.3 is 10.0 Å². The average Bonchev–Trinajstić information content (AvgIpc) is 2.80. The molecule has 106 valence electrons. The second-order valence-corrected chi connectivity index (χ2v) is 4.42. The van der Waals surface area contributed by atoms with E-state index in [0.29, 0.717) is 23.6 Å². The molecule has 0 saturated heterocycles. The Labute approximate surface area is 115 Å². The molecule has 1 amide bonds. The fraction of sp³-hybridized carbons (Fsp3) is 0.385. The van der Waals surface area contributed by atoms with Crippen molar-refractivity contribution in [3.63, 3.8) is 0 Å². The van der Waals surface area contributed by atoms with Gasteiger partial charge in [-0.1, -0.05) is 0 Å². The second kappa shape index (κ2) is 5.68. The molecule has 2 rings (SSSR count). The minimum atomic E-state index is -0.915. The minimum absolute atomic E-state index is 0.0620. The van der Waals surface area contributed by atoms with Crippen LogP contribution in [0.2, 0.25) is 0 Å². The molecule has 0 bridgehead atoms. The molecule has 0 aliphatic heterocycles. The molecule has 0 aromatic carbocycles. The van der Waals surface area contributed by atoms with Crippen LogP contribution in [0, 0.1) is 6.92 Å². The molecule has 0 unspecified atom stereocenters. The fourth-order valence-electron chi connectivity index (χ4n) is 1.95. The van der Waals surface area contributed by atoms with Gasteiger partial charge in [0, 0.05) is 19.3 Å². The number of pyridine rings is 1. The molecule has 1 N–H and O–H groups in total. The van der Waals surface area contributed by atoms with E-state index in [2.05, 4.69) is 10.2 Å². The van der Waals surface area contributed by atoms with E-state index in [-0.39, 0.29) is 18.9 Å². The van der Waals surface area contributed by atoms with Gasteiger partial charge in [0.2, 0.25) is 0 Å². The third-order valence-corrected chi connectivity index (χ3v) is 3.08. The number of aliphatic carboxylic acids is 1. The summed E-state index contributed by atoms with van der Waals surface area (Å²) in [6.45, 7) is 4.29. The number of aryl methyl sites for hydroxylation is 1. The third kappa shape index (κ3) is 2.76. The highest BCUT2D eigenvalue weighted by molar-refractivity contribution is 5.94. The van der Waals surface area contributed by atoms with Gasteiger partial charge in [-0.25, -0.2) is 0 Å². The van der Waals surface area contributed by atoms with Crippen molar-refractivity contribution < 1.29 is 14.7 Å². The van der Waals surface area contributed by atoms with Gasteiger partial charge in [0.05, 0.1) is 12.0 Å². The summed E-state index contributed by atoms with van der Waals surface area (Å²) in [5, 5.41) is 16.6. The summed E-state index contributed by atoms with van der Waals surface area (Å²) < 4.78 is 1.73. The Kier molecular flexibility index (Phi) is 3.97. The van der Waals surface area contributed by atoms with E-state index in [1.807, 2.05) is 6.92 Å². The molecule has 0 saturated carbocycles. The van der Waals surface area contributed by atoms with Crippen molar-refractivity contribution in [1.29, 1.82) is 0 Å². The normalized spacial score (nSPS) is 10.7. The van der Waals surface area contributed by atoms with Crippen LogP contribution < -0.4 is 0 Å². The highest BCUT2D eigenvalue weighted by Crippen LogP contribution is 2.09. The Balaban J connectivity index is 2.24. The smallest absolute Gasteiger partial charge is 0.305 e. The standard InChI is InChI=1S/C13H16N4O3/c1-3-16(7-6-12(18)19)13(20)10-4-5-11-15-14-9(2)17(11)8-10/h4-5,8H,3,6-7H2,1-2H3,(H,18,19). The van der Waals surface area contributed by atoms with Crippen molar-refractivity contribution in [2.45, 2.75) is 20.3 Å². The lowest BCUT2D eigenvalue weighted by atomic mass is 10.2. The van der Waals surface area contributed by atoms with E-state index in [1.165, 1.54) is 4.90 Å². The van der Waals surface area contributed by atoms with Gasteiger partial charge in [-0.3, -0.25) is 14.0 Å². The summed E-state index contributed by atoms with van der Waals surface area (Å²) >= 11 is 0. The van der Waals surface area contributed by atoms with Crippen LogP contribution in [0.3, 0.4) is 0 Å². The molecule has 0 aliphatic rings. The second-order valence-electron chi connectivity index (χ2n) is 4.42. The van der Waals surface area contributed by atoms with Crippen molar-refractivity contribution in [1.82, 2.24) is 19.5 Å². The van der Waals surface area contributed by atoms with Crippen LogP contribution in [-0.2, 0) is 4.79 Å². The first-order chi connectivity index (χ1) is 9.52. The molecule has 2 heterocycles. The maximum Gasteiger partial charge on any atom is 0.305 e. The summed E-state index contributed by atoms with van der Waals surface area (Å²) in [6.07, 6.45) is 1.61. The lowest BCUT2D eigenvalue weighted by Crippen LogP contribution is -2.33. The van der Waals surface area contributed by atoms with E-state index in [4.69, 9.17) is 5.11 Å². The fourth-order valence-corrected chi connectivity index (χ4v) is 1.95. The quantitative estimate of drug-likeness (QED) is 0.879. The number of hydrogen-bond donors (Lipinski definition) is 1. The minimum Gasteiger partial charge on any atom is -0.481 e. The summed E-state index contributed by atoms with van der Waals surface area (Å²) in [7, 11) is 0. The summed E-state index contributed by atoms with van der Waals surface area (Å²) in [5.74, 6) is -0.409. The predicted octanol–water partition coefficient (Wildman–Crippen LogP) is 0.975. The molecule has 7 nitrogen and oxygen atoms in total. The highest BCUT2D eigenvalue weighted by Gasteiger charge is 2.16. The van der Waals surface area contributed by atoms with Crippen molar-refractivity contribution in [3.8, 4) is 0 Å². The average molecular weight is 276 g/mol. The molecule has 7 heteroatoms. The van der Waals surface area contributed by atoms with Gasteiger partial charge in [-0.15, -0.1) is 10.2 Å². The number of nitrogens with zero attached hydrogens (tertiary/aromatic N) is 4. The van der Waals surface area contributed by atoms with Crippen molar-refractivity contribution >= 4 is 17.5 Å². The number of fused-ring (bicyclic) bond motifs is 1. The van der Waals surface area contributed by atoms with Crippen LogP contribution in [0.1, 0.15) is 29.5 Å². The van der Waals surface area contributed by atoms with Crippen LogP contribution in [0.15, 0.2) is 18.3 Å². The first kappa shape index (κ1) is 14.0. The number of amides is 1. The monoisotopic (exact) mass is 276 g/mol. The Morgan fingerprint density at radius 1 is 1.35 bits per heavy atom. The zero-order valence-corrected chi connectivity index (χ0v) is 11.4. The zero-order chi connectivity index (χ0) is 14.7. The summed E-state index contributed by atoms with van der Waals surface area (Å²) in [4.78, 5) is 24.5. The van der Waals surface area contributed by atoms with E-state index in [9.17, 15) is 9.59 Å². The molecule has 2 aromatic heterocycles. The molecular formula is C13H16N4O3. The first-order valence-corrected chi connectivity index (χ1v) is 6.35. The number of hydrogen-bond acceptors (Lipinski definition) is 4. The van der Waals surface area contributed by atoms with Crippen molar-refractivity contribution in [2.24, 2.45) is 0 Å². The lowest BCUT2D eigenvalue weighted by molar-refractivity contribution is -0.137. The Morgan fingerprint density at radius 3 is 2.75 bits per heavy atom. The first-order valence-electron chi connectivity index (χ1n) is 6.35. The number of rotatable bonds is 5. The molecule has 2 aromatic rings. The number of carboxylic acid groups (broad SMARTS) is 1. The molecule has 0 aliphatic carbocycles. The highest BCUT2D eigenvalue weighted by atomic mass is 16.4. The molecule has 0 fully saturated rings. The SMILES string of the molecule is CCN(CCC(=O)O)C(=O)c1ccc2nnc(C)n2c1. The van der Waals surface area contributed by atoms with Gasteiger partial charge in [-0.05, 0) is 26.0 Å². The van der Waals surface area contributed by atoms with Crippen LogP contribution in [0.25, 0.3) is 5.65 Å². The van der Waals surface area contributed by atoms with Gasteiger partial charge >= 0.3 is 5.97 Å². The molecule has 0 atom stereocenters. The number of carbonyl (C=O) groups is 2. The van der Waals surface area contributed by atoms with Crippen LogP contribution in [0.4, 0.5) is 0 Å². The topological polar surface area (TPSA) is 87.8 Å². The van der Waals surface area contributed by atoms with Gasteiger partial charge in [0.25, 0.3) is 5.91 Å². The van der Waals surface area contributed by atoms with Crippen LogP contribution >= 0.6 is 0 Å². The lowest BCUT2D eigenvalue weighted by Gasteiger charge is -2.20. The van der Waals surface area contributed by atoms with E-state index >= 15 is 0 Å². The van der Waals surface area contributed by atoms with Gasteiger partial charge in [0.1, 0.15) is 5.82 Å². The molecular weight excluding hydrogens is 260 g/mol. The van der Waals surface area contributed by atoms with Gasteiger partial charge in [0.15, 0.2) is 5.65 Å². The zero-order valence-electron chi connectivity index (χ0n) is 11.4. The Morgan fingerprint density at radius 2 is 2.10 bits per heavy atom. The van der Waals surface area contributed by atoms with Crippen LogP contribution in [0.5, 0.6) is 0 Å².